The molecular formula is C11H16O4. The van der Waals surface area contributed by atoms with Crippen LogP contribution < -0.4 is 0 Å². The second-order valence-electron chi connectivity index (χ2n) is 4.40. The number of hydrogen-bond donors (Lipinski definition) is 2. The van der Waals surface area contributed by atoms with Crippen molar-refractivity contribution in [3.8, 4) is 0 Å². The van der Waals surface area contributed by atoms with Gasteiger partial charge in [-0.3, -0.25) is 0 Å². The Morgan fingerprint density at radius 3 is 1.80 bits per heavy atom. The average molecular weight is 212 g/mol. The van der Waals surface area contributed by atoms with Crippen LogP contribution in [0.3, 0.4) is 0 Å². The van der Waals surface area contributed by atoms with Crippen molar-refractivity contribution in [2.24, 2.45) is 5.41 Å². The van der Waals surface area contributed by atoms with Crippen LogP contribution in [0.15, 0.2) is 23.3 Å². The Kier molecular flexibility index (Phi) is 4.27. The van der Waals surface area contributed by atoms with Gasteiger partial charge in [-0.2, -0.15) is 0 Å². The largest absolute Gasteiger partial charge is 0.478 e. The summed E-state index contributed by atoms with van der Waals surface area (Å²) in [7, 11) is 0. The number of rotatable bonds is 3. The minimum absolute atomic E-state index is 0.00222. The van der Waals surface area contributed by atoms with Crippen LogP contribution in [0.4, 0.5) is 0 Å². The number of allylic oxidation sites excluding steroid dienone is 1. The molecule has 0 aliphatic heterocycles. The van der Waals surface area contributed by atoms with Gasteiger partial charge in [-0.15, -0.1) is 0 Å². The maximum atomic E-state index is 10.8. The van der Waals surface area contributed by atoms with E-state index in [1.54, 1.807) is 0 Å². The van der Waals surface area contributed by atoms with E-state index in [9.17, 15) is 9.59 Å². The van der Waals surface area contributed by atoms with E-state index in [0.29, 0.717) is 0 Å². The first kappa shape index (κ1) is 13.4. The van der Waals surface area contributed by atoms with Gasteiger partial charge in [-0.05, 0) is 18.4 Å². The quantitative estimate of drug-likeness (QED) is 0.554. The summed E-state index contributed by atoms with van der Waals surface area (Å²) in [6.45, 7) is 6.90. The number of carboxylic acid groups (broad SMARTS) is 2. The van der Waals surface area contributed by atoms with Gasteiger partial charge in [-0.25, -0.2) is 9.59 Å². The van der Waals surface area contributed by atoms with E-state index in [1.807, 2.05) is 20.8 Å². The molecule has 0 aliphatic rings. The monoisotopic (exact) mass is 212 g/mol. The number of hydrogen-bond acceptors (Lipinski definition) is 2. The Hall–Kier alpha value is -1.58. The van der Waals surface area contributed by atoms with Gasteiger partial charge >= 0.3 is 11.9 Å². The van der Waals surface area contributed by atoms with E-state index in [2.05, 4.69) is 0 Å². The zero-order chi connectivity index (χ0) is 12.2. The lowest BCUT2D eigenvalue weighted by molar-refractivity contribution is -0.132. The summed E-state index contributed by atoms with van der Waals surface area (Å²) < 4.78 is 0. The predicted octanol–water partition coefficient (Wildman–Crippen LogP) is 2.07. The first-order valence-corrected chi connectivity index (χ1v) is 4.51. The lowest BCUT2D eigenvalue weighted by atomic mass is 9.93. The van der Waals surface area contributed by atoms with Crippen LogP contribution >= 0.6 is 0 Å². The molecule has 84 valence electrons. The molecule has 0 atom stereocenters. The second kappa shape index (κ2) is 4.77. The zero-order valence-electron chi connectivity index (χ0n) is 9.37. The SMILES string of the molecule is CC(=CC(=CC(C)(C)C)C(=O)O)C(=O)O. The van der Waals surface area contributed by atoms with E-state index in [-0.39, 0.29) is 16.6 Å². The molecule has 15 heavy (non-hydrogen) atoms. The lowest BCUT2D eigenvalue weighted by Crippen LogP contribution is -2.08. The van der Waals surface area contributed by atoms with E-state index < -0.39 is 11.9 Å². The molecule has 0 saturated carbocycles. The Balaban J connectivity index is 5.20. The van der Waals surface area contributed by atoms with Crippen molar-refractivity contribution in [1.29, 1.82) is 0 Å². The molecule has 0 unspecified atom stereocenters. The maximum absolute atomic E-state index is 10.8. The molecule has 0 heterocycles. The molecule has 4 nitrogen and oxygen atoms in total. The molecule has 0 rings (SSSR count). The van der Waals surface area contributed by atoms with Crippen LogP contribution in [0, 0.1) is 5.41 Å². The van der Waals surface area contributed by atoms with Crippen LogP contribution in [-0.2, 0) is 9.59 Å². The Labute approximate surface area is 88.9 Å². The molecule has 0 bridgehead atoms. The van der Waals surface area contributed by atoms with Crippen molar-refractivity contribution in [2.75, 3.05) is 0 Å². The molecule has 0 aromatic rings. The van der Waals surface area contributed by atoms with Gasteiger partial charge in [0.05, 0.1) is 5.57 Å². The third-order valence-electron chi connectivity index (χ3n) is 1.54. The Morgan fingerprint density at radius 1 is 1.07 bits per heavy atom. The van der Waals surface area contributed by atoms with Crippen molar-refractivity contribution >= 4 is 11.9 Å². The molecule has 0 aliphatic carbocycles. The second-order valence-corrected chi connectivity index (χ2v) is 4.40. The number of aliphatic carboxylic acids is 2. The van der Waals surface area contributed by atoms with E-state index in [0.717, 1.165) is 6.08 Å². The minimum Gasteiger partial charge on any atom is -0.478 e. The summed E-state index contributed by atoms with van der Waals surface area (Å²) in [5, 5.41) is 17.5. The highest BCUT2D eigenvalue weighted by Gasteiger charge is 2.13. The van der Waals surface area contributed by atoms with Crippen molar-refractivity contribution < 1.29 is 19.8 Å². The summed E-state index contributed by atoms with van der Waals surface area (Å²) >= 11 is 0. The van der Waals surface area contributed by atoms with Gasteiger partial charge in [0.15, 0.2) is 0 Å². The van der Waals surface area contributed by atoms with Crippen molar-refractivity contribution in [1.82, 2.24) is 0 Å². The third-order valence-corrected chi connectivity index (χ3v) is 1.54. The summed E-state index contributed by atoms with van der Waals surface area (Å²) in [6.07, 6.45) is 2.69. The molecule has 0 aromatic heterocycles. The smallest absolute Gasteiger partial charge is 0.335 e. The standard InChI is InChI=1S/C11H16O4/c1-7(9(12)13)5-8(10(14)15)6-11(2,3)4/h5-6H,1-4H3,(H,12,13)(H,14,15). The van der Waals surface area contributed by atoms with Crippen molar-refractivity contribution in [3.63, 3.8) is 0 Å². The zero-order valence-corrected chi connectivity index (χ0v) is 9.37. The third kappa shape index (κ3) is 5.67. The van der Waals surface area contributed by atoms with Crippen molar-refractivity contribution in [3.05, 3.63) is 23.3 Å². The summed E-state index contributed by atoms with van der Waals surface area (Å²) in [4.78, 5) is 21.4. The Morgan fingerprint density at radius 2 is 1.53 bits per heavy atom. The fourth-order valence-electron chi connectivity index (χ4n) is 0.927. The number of carbonyl (C=O) groups is 2. The molecule has 0 spiro atoms. The first-order valence-electron chi connectivity index (χ1n) is 4.51. The summed E-state index contributed by atoms with van der Waals surface area (Å²) in [5.74, 6) is -2.23. The topological polar surface area (TPSA) is 74.6 Å². The van der Waals surface area contributed by atoms with E-state index in [4.69, 9.17) is 10.2 Å². The van der Waals surface area contributed by atoms with Gasteiger partial charge in [0.1, 0.15) is 0 Å². The van der Waals surface area contributed by atoms with Gasteiger partial charge in [0.25, 0.3) is 0 Å². The normalized spacial score (nSPS) is 13.9. The fourth-order valence-corrected chi connectivity index (χ4v) is 0.927. The summed E-state index contributed by atoms with van der Waals surface area (Å²) in [6, 6.07) is 0. The van der Waals surface area contributed by atoms with Crippen LogP contribution in [0.1, 0.15) is 27.7 Å². The molecule has 0 fully saturated rings. The highest BCUT2D eigenvalue weighted by Crippen LogP contribution is 2.19. The highest BCUT2D eigenvalue weighted by molar-refractivity contribution is 5.94. The molecule has 2 N–H and O–H groups in total. The molecular weight excluding hydrogens is 196 g/mol. The van der Waals surface area contributed by atoms with Gasteiger partial charge < -0.3 is 10.2 Å². The van der Waals surface area contributed by atoms with Crippen molar-refractivity contribution in [2.45, 2.75) is 27.7 Å². The van der Waals surface area contributed by atoms with E-state index >= 15 is 0 Å². The van der Waals surface area contributed by atoms with Gasteiger partial charge in [0, 0.05) is 5.57 Å². The summed E-state index contributed by atoms with van der Waals surface area (Å²) in [5.41, 5.74) is -0.293. The lowest BCUT2D eigenvalue weighted by Gasteiger charge is -2.12. The van der Waals surface area contributed by atoms with Crippen LogP contribution in [0.2, 0.25) is 0 Å². The molecule has 0 radical (unpaired) electrons. The molecule has 4 heteroatoms. The van der Waals surface area contributed by atoms with Gasteiger partial charge in [-0.1, -0.05) is 26.8 Å². The fraction of sp³-hybridized carbons (Fsp3) is 0.455. The average Bonchev–Trinajstić information content (AvgIpc) is 1.99. The molecule has 0 amide bonds. The minimum atomic E-state index is -1.12. The Bertz CT molecular complexity index is 329. The maximum Gasteiger partial charge on any atom is 0.335 e. The molecule has 0 aromatic carbocycles. The van der Waals surface area contributed by atoms with Crippen LogP contribution in [0.25, 0.3) is 0 Å². The highest BCUT2D eigenvalue weighted by atomic mass is 16.4. The predicted molar refractivity (Wildman–Crippen MR) is 56.6 cm³/mol. The van der Waals surface area contributed by atoms with Crippen LogP contribution in [-0.4, -0.2) is 22.2 Å². The number of carboxylic acids is 2. The van der Waals surface area contributed by atoms with E-state index in [1.165, 1.54) is 13.0 Å². The first-order chi connectivity index (χ1) is 6.63. The van der Waals surface area contributed by atoms with Gasteiger partial charge in [0.2, 0.25) is 0 Å². The molecule has 0 saturated heterocycles. The van der Waals surface area contributed by atoms with Crippen LogP contribution in [0.5, 0.6) is 0 Å².